The van der Waals surface area contributed by atoms with Crippen LogP contribution in [0, 0.1) is 23.4 Å². The second-order valence-electron chi connectivity index (χ2n) is 15.1. The van der Waals surface area contributed by atoms with E-state index in [1.165, 1.54) is 54.3 Å². The molecule has 320 valence electrons. The number of sulfonamides is 1. The number of anilines is 1. The summed E-state index contributed by atoms with van der Waals surface area (Å²) in [6.07, 6.45) is -1.55. The Morgan fingerprint density at radius 3 is 2.47 bits per heavy atom. The third-order valence-corrected chi connectivity index (χ3v) is 11.7. The number of nitrogens with zero attached hydrogens (tertiary/aromatic N) is 7. The number of carbonyl (C=O) groups is 1. The second-order valence-corrected chi connectivity index (χ2v) is 17.2. The summed E-state index contributed by atoms with van der Waals surface area (Å²) >= 11 is 6.60. The van der Waals surface area contributed by atoms with Gasteiger partial charge in [-0.2, -0.15) is 19.0 Å². The summed E-state index contributed by atoms with van der Waals surface area (Å²) < 4.78 is 133. The molecule has 4 heterocycles. The first kappa shape index (κ1) is 41.0. The van der Waals surface area contributed by atoms with Crippen LogP contribution in [0.4, 0.5) is 36.6 Å². The van der Waals surface area contributed by atoms with Crippen LogP contribution in [-0.2, 0) is 40.8 Å². The lowest BCUT2D eigenvalue weighted by atomic mass is 10.0. The highest BCUT2D eigenvalue weighted by molar-refractivity contribution is 7.92. The molecule has 1 amide bonds. The van der Waals surface area contributed by atoms with Crippen molar-refractivity contribution in [2.45, 2.75) is 43.7 Å². The standard InChI is InChI=1S/C40H29ClF7N9O4S/c1-55-34-28(8-7-24(41)31(34)37(53-55)54-62(2,60)61)57-38(51-26-13-18(5-6-21(26)39(57)59)32-25(44)4-3-9-49-32)27(12-17-10-19(42)14-20(43)11-17)50-29(58)16-56-35-30(33(52-56)36(45)46)22-15-23(22)40(35,47)48/h3-11,13-14,22-23,27,36H,12,15-16H2,1-2H3,(H,50,58)(H,53,54)/t22-,23+,27-/m0/s1. The number of fused-ring (bicyclic) bond motifs is 5. The molecule has 0 saturated heterocycles. The molecule has 3 atom stereocenters. The predicted molar refractivity (Wildman–Crippen MR) is 211 cm³/mol. The molecular formula is C40H29ClF7N9O4S. The third-order valence-electron chi connectivity index (χ3n) is 10.8. The molecule has 0 radical (unpaired) electrons. The molecule has 0 unspecified atom stereocenters. The zero-order valence-electron chi connectivity index (χ0n) is 32.0. The number of hydrogen-bond donors (Lipinski definition) is 2. The molecule has 0 bridgehead atoms. The highest BCUT2D eigenvalue weighted by atomic mass is 35.5. The van der Waals surface area contributed by atoms with Crippen molar-refractivity contribution >= 4 is 55.2 Å². The summed E-state index contributed by atoms with van der Waals surface area (Å²) in [6, 6.07) is 10.3. The highest BCUT2D eigenvalue weighted by Gasteiger charge is 2.67. The largest absolute Gasteiger partial charge is 0.344 e. The molecule has 13 nitrogen and oxygen atoms in total. The number of amides is 1. The number of alkyl halides is 4. The van der Waals surface area contributed by atoms with Crippen LogP contribution < -0.4 is 15.6 Å². The minimum absolute atomic E-state index is 0.00201. The minimum atomic E-state index is -3.94. The Bertz CT molecular complexity index is 3190. The van der Waals surface area contributed by atoms with Crippen molar-refractivity contribution in [1.82, 2.24) is 39.4 Å². The lowest BCUT2D eigenvalue weighted by molar-refractivity contribution is -0.123. The maximum Gasteiger partial charge on any atom is 0.293 e. The summed E-state index contributed by atoms with van der Waals surface area (Å²) in [4.78, 5) is 37.9. The third kappa shape index (κ3) is 7.01. The van der Waals surface area contributed by atoms with E-state index >= 15 is 8.78 Å². The number of rotatable bonds is 11. The van der Waals surface area contributed by atoms with Gasteiger partial charge < -0.3 is 5.32 Å². The summed E-state index contributed by atoms with van der Waals surface area (Å²) in [5.74, 6) is -10.0. The van der Waals surface area contributed by atoms with E-state index in [-0.39, 0.29) is 73.0 Å². The van der Waals surface area contributed by atoms with Gasteiger partial charge in [-0.15, -0.1) is 0 Å². The van der Waals surface area contributed by atoms with E-state index in [9.17, 15) is 40.0 Å². The number of aryl methyl sites for hydroxylation is 1. The van der Waals surface area contributed by atoms with Gasteiger partial charge in [-0.1, -0.05) is 17.7 Å². The minimum Gasteiger partial charge on any atom is -0.344 e. The van der Waals surface area contributed by atoms with Gasteiger partial charge in [0.15, 0.2) is 5.82 Å². The Morgan fingerprint density at radius 2 is 1.77 bits per heavy atom. The van der Waals surface area contributed by atoms with Crippen LogP contribution in [0.25, 0.3) is 38.8 Å². The average Bonchev–Trinajstić information content (AvgIpc) is 3.73. The first-order valence-electron chi connectivity index (χ1n) is 18.6. The fourth-order valence-electron chi connectivity index (χ4n) is 8.33. The van der Waals surface area contributed by atoms with Crippen LogP contribution in [-0.4, -0.2) is 54.7 Å². The zero-order chi connectivity index (χ0) is 44.2. The van der Waals surface area contributed by atoms with Crippen molar-refractivity contribution in [3.05, 3.63) is 128 Å². The lowest BCUT2D eigenvalue weighted by Gasteiger charge is -2.24. The number of nitrogens with one attached hydrogen (secondary N) is 2. The van der Waals surface area contributed by atoms with Gasteiger partial charge >= 0.3 is 0 Å². The molecule has 9 rings (SSSR count). The smallest absolute Gasteiger partial charge is 0.293 e. The summed E-state index contributed by atoms with van der Waals surface area (Å²) in [7, 11) is -2.51. The molecule has 0 aliphatic heterocycles. The molecule has 0 spiro atoms. The van der Waals surface area contributed by atoms with Gasteiger partial charge in [-0.05, 0) is 66.4 Å². The summed E-state index contributed by atoms with van der Waals surface area (Å²) in [5.41, 5.74) is -2.88. The molecule has 62 heavy (non-hydrogen) atoms. The Labute approximate surface area is 350 Å². The van der Waals surface area contributed by atoms with Gasteiger partial charge in [0.1, 0.15) is 46.9 Å². The van der Waals surface area contributed by atoms with E-state index < -0.39 is 93.5 Å². The monoisotopic (exact) mass is 899 g/mol. The first-order valence-corrected chi connectivity index (χ1v) is 20.9. The average molecular weight is 900 g/mol. The SMILES string of the molecule is Cn1nc(NS(C)(=O)=O)c2c(Cl)ccc(-n3c([C@H](Cc4cc(F)cc(F)c4)NC(=O)Cn4nc(C(F)F)c5c4C(F)(F)[C@@H]4C[C@H]54)nc4cc(-c5ncccc5F)ccc4c3=O)c21. The van der Waals surface area contributed by atoms with E-state index in [1.807, 2.05) is 0 Å². The predicted octanol–water partition coefficient (Wildman–Crippen LogP) is 7.22. The number of hydrogen-bond acceptors (Lipinski definition) is 8. The maximum atomic E-state index is 15.5. The van der Waals surface area contributed by atoms with Gasteiger partial charge in [-0.3, -0.25) is 33.2 Å². The molecule has 3 aromatic carbocycles. The van der Waals surface area contributed by atoms with Gasteiger partial charge in [0.2, 0.25) is 15.9 Å². The van der Waals surface area contributed by atoms with Crippen molar-refractivity contribution in [3.63, 3.8) is 0 Å². The Morgan fingerprint density at radius 1 is 1.03 bits per heavy atom. The Hall–Kier alpha value is -6.35. The van der Waals surface area contributed by atoms with Gasteiger partial charge in [0.25, 0.3) is 17.9 Å². The maximum absolute atomic E-state index is 15.5. The van der Waals surface area contributed by atoms with Crippen LogP contribution >= 0.6 is 11.6 Å². The van der Waals surface area contributed by atoms with Crippen LogP contribution in [0.15, 0.2) is 71.7 Å². The molecule has 2 aliphatic carbocycles. The van der Waals surface area contributed by atoms with E-state index in [1.54, 1.807) is 0 Å². The topological polar surface area (TPSA) is 159 Å². The van der Waals surface area contributed by atoms with Crippen LogP contribution in [0.1, 0.15) is 53.1 Å². The van der Waals surface area contributed by atoms with E-state index in [0.717, 1.165) is 29.0 Å². The van der Waals surface area contributed by atoms with Crippen molar-refractivity contribution in [1.29, 1.82) is 0 Å². The van der Waals surface area contributed by atoms with Crippen molar-refractivity contribution in [2.24, 2.45) is 13.0 Å². The highest BCUT2D eigenvalue weighted by Crippen LogP contribution is 2.68. The van der Waals surface area contributed by atoms with Crippen molar-refractivity contribution in [2.75, 3.05) is 11.0 Å². The molecule has 22 heteroatoms. The molecule has 1 fully saturated rings. The molecule has 7 aromatic rings. The van der Waals surface area contributed by atoms with Crippen LogP contribution in [0.3, 0.4) is 0 Å². The Balaban J connectivity index is 1.26. The fraction of sp³-hybridized carbons (Fsp3) is 0.250. The Kier molecular flexibility index (Phi) is 9.69. The van der Waals surface area contributed by atoms with Crippen LogP contribution in [0.5, 0.6) is 0 Å². The molecular weight excluding hydrogens is 871 g/mol. The van der Waals surface area contributed by atoms with Crippen molar-refractivity contribution in [3.8, 4) is 16.9 Å². The number of aromatic nitrogens is 7. The zero-order valence-corrected chi connectivity index (χ0v) is 33.5. The first-order chi connectivity index (χ1) is 29.3. The van der Waals surface area contributed by atoms with E-state index in [2.05, 4.69) is 25.2 Å². The number of carbonyl (C=O) groups excluding carboxylic acids is 1. The number of benzene rings is 3. The quantitative estimate of drug-likeness (QED) is 0.129. The van der Waals surface area contributed by atoms with Gasteiger partial charge in [0, 0.05) is 42.8 Å². The molecule has 4 aromatic heterocycles. The summed E-state index contributed by atoms with van der Waals surface area (Å²) in [6.45, 7) is -1.02. The van der Waals surface area contributed by atoms with Gasteiger partial charge in [-0.25, -0.2) is 35.4 Å². The van der Waals surface area contributed by atoms with E-state index in [4.69, 9.17) is 16.6 Å². The normalized spacial score (nSPS) is 17.1. The summed E-state index contributed by atoms with van der Waals surface area (Å²) in [5, 5.41) is 10.6. The second kappa shape index (κ2) is 14.6. The fourth-order valence-corrected chi connectivity index (χ4v) is 9.06. The number of halogens is 8. The van der Waals surface area contributed by atoms with Crippen LogP contribution in [0.2, 0.25) is 5.02 Å². The molecule has 2 N–H and O–H groups in total. The van der Waals surface area contributed by atoms with Crippen molar-refractivity contribution < 1.29 is 43.9 Å². The lowest BCUT2D eigenvalue weighted by Crippen LogP contribution is -2.38. The number of pyridine rings is 1. The van der Waals surface area contributed by atoms with E-state index in [0.29, 0.717) is 10.7 Å². The molecule has 2 aliphatic rings. The van der Waals surface area contributed by atoms with Gasteiger partial charge in [0.05, 0.1) is 44.8 Å². The molecule has 1 saturated carbocycles.